The molecule has 10 heteroatoms. The van der Waals surface area contributed by atoms with Gasteiger partial charge in [0, 0.05) is 37.7 Å². The van der Waals surface area contributed by atoms with Crippen molar-refractivity contribution in [3.05, 3.63) is 11.8 Å². The van der Waals surface area contributed by atoms with Gasteiger partial charge in [-0.15, -0.1) is 0 Å². The molecule has 30 heavy (non-hydrogen) atoms. The maximum atomic E-state index is 13.0. The standard InChI is InChI=1S/C20H31F2N5O3/c1-20(21,22)11-30-14-7-5-13(6-8-14)25-19-24-9-15(17(23)29)18(27-19)26-16-4-2-3-12(16)10-28/h9,12-14,16,28H,2-8,10-11H2,1H3,(H2,23,29)(H2,24,25,26,27)/t12-,13-,14-,16?/m1/s1. The van der Waals surface area contributed by atoms with Gasteiger partial charge < -0.3 is 26.2 Å². The van der Waals surface area contributed by atoms with E-state index in [9.17, 15) is 18.7 Å². The molecule has 0 spiro atoms. The quantitative estimate of drug-likeness (QED) is 0.478. The van der Waals surface area contributed by atoms with Crippen LogP contribution in [0.3, 0.4) is 0 Å². The minimum absolute atomic E-state index is 0.0279. The SMILES string of the molecule is CC(F)(F)CO[C@H]1CC[C@H](Nc2ncc(C(N)=O)c(NC3CCC[C@@H]3CO)n2)CC1. The molecule has 2 aliphatic rings. The lowest BCUT2D eigenvalue weighted by Crippen LogP contribution is -2.33. The molecule has 168 valence electrons. The summed E-state index contributed by atoms with van der Waals surface area (Å²) >= 11 is 0. The molecule has 1 unspecified atom stereocenters. The maximum absolute atomic E-state index is 13.0. The molecule has 2 atom stereocenters. The fraction of sp³-hybridized carbons (Fsp3) is 0.750. The van der Waals surface area contributed by atoms with Gasteiger partial charge in [-0.1, -0.05) is 6.42 Å². The summed E-state index contributed by atoms with van der Waals surface area (Å²) in [6.07, 6.45) is 6.90. The number of aliphatic hydroxyl groups is 1. The third-order valence-electron chi connectivity index (χ3n) is 5.85. The molecule has 1 aromatic rings. The van der Waals surface area contributed by atoms with Gasteiger partial charge in [0.1, 0.15) is 12.4 Å². The molecule has 0 radical (unpaired) electrons. The number of primary amides is 1. The summed E-state index contributed by atoms with van der Waals surface area (Å²) in [5, 5.41) is 16.1. The number of nitrogens with zero attached hydrogens (tertiary/aromatic N) is 2. The highest BCUT2D eigenvalue weighted by Crippen LogP contribution is 2.29. The van der Waals surface area contributed by atoms with E-state index in [1.807, 2.05) is 0 Å². The summed E-state index contributed by atoms with van der Waals surface area (Å²) in [4.78, 5) is 20.5. The predicted molar refractivity (Wildman–Crippen MR) is 109 cm³/mol. The third kappa shape index (κ3) is 6.21. The van der Waals surface area contributed by atoms with Crippen molar-refractivity contribution < 1.29 is 23.4 Å². The summed E-state index contributed by atoms with van der Waals surface area (Å²) in [6, 6.07) is 0.121. The lowest BCUT2D eigenvalue weighted by Gasteiger charge is -2.30. The number of ether oxygens (including phenoxy) is 1. The molecular formula is C20H31F2N5O3. The second-order valence-corrected chi connectivity index (χ2v) is 8.44. The van der Waals surface area contributed by atoms with Crippen molar-refractivity contribution in [2.45, 2.75) is 76.0 Å². The number of carbonyl (C=O) groups excluding carboxylic acids is 1. The van der Waals surface area contributed by atoms with Gasteiger partial charge in [0.25, 0.3) is 11.8 Å². The van der Waals surface area contributed by atoms with Crippen LogP contribution < -0.4 is 16.4 Å². The molecular weight excluding hydrogens is 396 g/mol. The highest BCUT2D eigenvalue weighted by atomic mass is 19.3. The number of anilines is 2. The van der Waals surface area contributed by atoms with E-state index in [2.05, 4.69) is 20.6 Å². The van der Waals surface area contributed by atoms with E-state index in [4.69, 9.17) is 10.5 Å². The first-order valence-electron chi connectivity index (χ1n) is 10.6. The van der Waals surface area contributed by atoms with Crippen LogP contribution in [0.4, 0.5) is 20.5 Å². The van der Waals surface area contributed by atoms with Gasteiger partial charge in [-0.3, -0.25) is 4.79 Å². The fourth-order valence-corrected chi connectivity index (χ4v) is 4.18. The zero-order valence-electron chi connectivity index (χ0n) is 17.2. The molecule has 1 heterocycles. The number of amides is 1. The van der Waals surface area contributed by atoms with Crippen LogP contribution >= 0.6 is 0 Å². The number of halogens is 2. The van der Waals surface area contributed by atoms with E-state index < -0.39 is 18.4 Å². The lowest BCUT2D eigenvalue weighted by molar-refractivity contribution is -0.0943. The number of hydrogen-bond acceptors (Lipinski definition) is 7. The number of alkyl halides is 2. The highest BCUT2D eigenvalue weighted by molar-refractivity contribution is 5.97. The van der Waals surface area contributed by atoms with Gasteiger partial charge in [0.2, 0.25) is 5.95 Å². The first-order chi connectivity index (χ1) is 14.2. The van der Waals surface area contributed by atoms with E-state index in [1.54, 1.807) is 0 Å². The van der Waals surface area contributed by atoms with Crippen molar-refractivity contribution >= 4 is 17.7 Å². The van der Waals surface area contributed by atoms with Gasteiger partial charge in [0.15, 0.2) is 0 Å². The molecule has 3 rings (SSSR count). The number of carbonyl (C=O) groups is 1. The van der Waals surface area contributed by atoms with Crippen LogP contribution in [0.5, 0.6) is 0 Å². The van der Waals surface area contributed by atoms with Crippen molar-refractivity contribution in [1.82, 2.24) is 9.97 Å². The van der Waals surface area contributed by atoms with Crippen LogP contribution in [0, 0.1) is 5.92 Å². The van der Waals surface area contributed by atoms with Crippen LogP contribution in [0.1, 0.15) is 62.2 Å². The Labute approximate surface area is 175 Å². The highest BCUT2D eigenvalue weighted by Gasteiger charge is 2.29. The van der Waals surface area contributed by atoms with E-state index in [1.165, 1.54) is 6.20 Å². The van der Waals surface area contributed by atoms with Crippen LogP contribution in [0.2, 0.25) is 0 Å². The predicted octanol–water partition coefficient (Wildman–Crippen LogP) is 2.54. The second kappa shape index (κ2) is 9.82. The number of nitrogens with two attached hydrogens (primary N) is 1. The third-order valence-corrected chi connectivity index (χ3v) is 5.85. The zero-order valence-corrected chi connectivity index (χ0v) is 17.2. The van der Waals surface area contributed by atoms with Crippen molar-refractivity contribution in [2.24, 2.45) is 11.7 Å². The van der Waals surface area contributed by atoms with Gasteiger partial charge >= 0.3 is 0 Å². The number of nitrogens with one attached hydrogen (secondary N) is 2. The smallest absolute Gasteiger partial charge is 0.268 e. The summed E-state index contributed by atoms with van der Waals surface area (Å²) in [5.41, 5.74) is 5.68. The zero-order chi connectivity index (χ0) is 21.7. The second-order valence-electron chi connectivity index (χ2n) is 8.44. The Morgan fingerprint density at radius 3 is 2.63 bits per heavy atom. The summed E-state index contributed by atoms with van der Waals surface area (Å²) in [7, 11) is 0. The van der Waals surface area contributed by atoms with E-state index in [-0.39, 0.29) is 36.3 Å². The van der Waals surface area contributed by atoms with E-state index in [0.29, 0.717) is 24.6 Å². The number of hydrogen-bond donors (Lipinski definition) is 4. The molecule has 1 aromatic heterocycles. The molecule has 2 aliphatic carbocycles. The molecule has 0 bridgehead atoms. The maximum Gasteiger partial charge on any atom is 0.268 e. The minimum Gasteiger partial charge on any atom is -0.396 e. The number of aromatic nitrogens is 2. The van der Waals surface area contributed by atoms with Crippen molar-refractivity contribution in [2.75, 3.05) is 23.8 Å². The average Bonchev–Trinajstić information content (AvgIpc) is 3.14. The molecule has 0 aliphatic heterocycles. The van der Waals surface area contributed by atoms with Gasteiger partial charge in [-0.05, 0) is 38.5 Å². The molecule has 0 aromatic carbocycles. The van der Waals surface area contributed by atoms with Crippen molar-refractivity contribution in [1.29, 1.82) is 0 Å². The number of rotatable bonds is 9. The molecule has 5 N–H and O–H groups in total. The first kappa shape index (κ1) is 22.6. The average molecular weight is 427 g/mol. The monoisotopic (exact) mass is 427 g/mol. The van der Waals surface area contributed by atoms with Gasteiger partial charge in [-0.25, -0.2) is 13.8 Å². The Hall–Kier alpha value is -2.07. The Morgan fingerprint density at radius 2 is 2.00 bits per heavy atom. The molecule has 2 saturated carbocycles. The van der Waals surface area contributed by atoms with E-state index >= 15 is 0 Å². The Balaban J connectivity index is 1.59. The molecule has 2 fully saturated rings. The summed E-state index contributed by atoms with van der Waals surface area (Å²) in [6.45, 7) is 0.376. The van der Waals surface area contributed by atoms with Gasteiger partial charge in [0.05, 0.1) is 11.7 Å². The first-order valence-corrected chi connectivity index (χ1v) is 10.6. The Morgan fingerprint density at radius 1 is 1.27 bits per heavy atom. The largest absolute Gasteiger partial charge is 0.396 e. The fourth-order valence-electron chi connectivity index (χ4n) is 4.18. The van der Waals surface area contributed by atoms with Gasteiger partial charge in [-0.2, -0.15) is 4.98 Å². The minimum atomic E-state index is -2.82. The van der Waals surface area contributed by atoms with Crippen LogP contribution in [-0.2, 0) is 4.74 Å². The van der Waals surface area contributed by atoms with Crippen LogP contribution in [0.15, 0.2) is 6.20 Å². The molecule has 1 amide bonds. The Kier molecular flexibility index (Phi) is 7.41. The lowest BCUT2D eigenvalue weighted by atomic mass is 9.93. The molecule has 8 nitrogen and oxygen atoms in total. The normalized spacial score (nSPS) is 27.1. The van der Waals surface area contributed by atoms with Crippen LogP contribution in [0.25, 0.3) is 0 Å². The Bertz CT molecular complexity index is 723. The topological polar surface area (TPSA) is 122 Å². The van der Waals surface area contributed by atoms with E-state index in [0.717, 1.165) is 39.0 Å². The summed E-state index contributed by atoms with van der Waals surface area (Å²) < 4.78 is 31.2. The molecule has 0 saturated heterocycles. The van der Waals surface area contributed by atoms with Crippen LogP contribution in [-0.4, -0.2) is 58.3 Å². The van der Waals surface area contributed by atoms with Crippen molar-refractivity contribution in [3.63, 3.8) is 0 Å². The van der Waals surface area contributed by atoms with Crippen molar-refractivity contribution in [3.8, 4) is 0 Å². The summed E-state index contributed by atoms with van der Waals surface area (Å²) in [5.74, 6) is -2.57. The number of aliphatic hydroxyl groups excluding tert-OH is 1.